The Hall–Kier alpha value is -1.16. The van der Waals surface area contributed by atoms with E-state index in [4.69, 9.17) is 4.74 Å². The maximum atomic E-state index is 5.72. The Kier molecular flexibility index (Phi) is 2.93. The lowest BCUT2D eigenvalue weighted by molar-refractivity contribution is 0.154. The minimum absolute atomic E-state index is 0.298. The summed E-state index contributed by atoms with van der Waals surface area (Å²) in [6.45, 7) is 4.05. The predicted molar refractivity (Wildman–Crippen MR) is 53.3 cm³/mol. The van der Waals surface area contributed by atoms with Gasteiger partial charge in [-0.05, 0) is 38.4 Å². The quantitative estimate of drug-likeness (QED) is 0.758. The monoisotopic (exact) mass is 193 g/mol. The molecule has 1 fully saturated rings. The lowest BCUT2D eigenvalue weighted by Crippen LogP contribution is -2.34. The van der Waals surface area contributed by atoms with Gasteiger partial charge >= 0.3 is 0 Å². The molecule has 0 unspecified atom stereocenters. The summed E-state index contributed by atoms with van der Waals surface area (Å²) in [6, 6.07) is 1.93. The number of nitrogens with zero attached hydrogens (tertiary/aromatic N) is 2. The standard InChI is InChI=1S/C10H15N3O/c1-8-6-10(13-12-7-8)14-9-2-4-11-5-3-9/h6-7,9,11H,2-5H2,1H3. The molecule has 76 valence electrons. The molecule has 1 aromatic heterocycles. The second kappa shape index (κ2) is 4.37. The Labute approximate surface area is 83.7 Å². The third-order valence-corrected chi connectivity index (χ3v) is 2.34. The molecule has 0 amide bonds. The Morgan fingerprint density at radius 2 is 2.21 bits per heavy atom. The predicted octanol–water partition coefficient (Wildman–Crippen LogP) is 0.916. The molecule has 0 saturated carbocycles. The van der Waals surface area contributed by atoms with Crippen LogP contribution in [0.2, 0.25) is 0 Å². The van der Waals surface area contributed by atoms with Crippen LogP contribution in [0.15, 0.2) is 12.3 Å². The van der Waals surface area contributed by atoms with E-state index in [1.807, 2.05) is 13.0 Å². The van der Waals surface area contributed by atoms with E-state index in [9.17, 15) is 0 Å². The minimum Gasteiger partial charge on any atom is -0.473 e. The van der Waals surface area contributed by atoms with Gasteiger partial charge in [-0.3, -0.25) is 0 Å². The van der Waals surface area contributed by atoms with E-state index in [-0.39, 0.29) is 0 Å². The third kappa shape index (κ3) is 2.42. The number of hydrogen-bond acceptors (Lipinski definition) is 4. The van der Waals surface area contributed by atoms with Crippen molar-refractivity contribution >= 4 is 0 Å². The number of nitrogens with one attached hydrogen (secondary N) is 1. The van der Waals surface area contributed by atoms with E-state index in [0.717, 1.165) is 31.5 Å². The highest BCUT2D eigenvalue weighted by Gasteiger charge is 2.14. The van der Waals surface area contributed by atoms with Gasteiger partial charge in [-0.25, -0.2) is 0 Å². The number of aromatic nitrogens is 2. The molecule has 0 bridgehead atoms. The SMILES string of the molecule is Cc1cnnc(OC2CCNCC2)c1. The lowest BCUT2D eigenvalue weighted by Gasteiger charge is -2.22. The molecule has 0 atom stereocenters. The fourth-order valence-electron chi connectivity index (χ4n) is 1.58. The molecule has 14 heavy (non-hydrogen) atoms. The van der Waals surface area contributed by atoms with Crippen LogP contribution in [0, 0.1) is 6.92 Å². The van der Waals surface area contributed by atoms with Crippen LogP contribution < -0.4 is 10.1 Å². The van der Waals surface area contributed by atoms with Gasteiger partial charge in [0, 0.05) is 6.07 Å². The van der Waals surface area contributed by atoms with Crippen LogP contribution in [-0.2, 0) is 0 Å². The minimum atomic E-state index is 0.298. The molecule has 1 aliphatic heterocycles. The maximum Gasteiger partial charge on any atom is 0.233 e. The lowest BCUT2D eigenvalue weighted by atomic mass is 10.1. The van der Waals surface area contributed by atoms with Gasteiger partial charge < -0.3 is 10.1 Å². The molecule has 4 heteroatoms. The van der Waals surface area contributed by atoms with E-state index < -0.39 is 0 Å². The normalized spacial score (nSPS) is 18.1. The van der Waals surface area contributed by atoms with Crippen LogP contribution in [0.4, 0.5) is 0 Å². The molecular weight excluding hydrogens is 178 g/mol. The summed E-state index contributed by atoms with van der Waals surface area (Å²) in [5, 5.41) is 11.1. The molecule has 0 aliphatic carbocycles. The van der Waals surface area contributed by atoms with Crippen LogP contribution in [0.1, 0.15) is 18.4 Å². The first-order valence-corrected chi connectivity index (χ1v) is 5.01. The first-order chi connectivity index (χ1) is 6.84. The van der Waals surface area contributed by atoms with Crippen molar-refractivity contribution in [2.45, 2.75) is 25.9 Å². The highest BCUT2D eigenvalue weighted by molar-refractivity contribution is 5.15. The molecule has 0 radical (unpaired) electrons. The number of rotatable bonds is 2. The van der Waals surface area contributed by atoms with Gasteiger partial charge in [0.25, 0.3) is 0 Å². The second-order valence-electron chi connectivity index (χ2n) is 3.64. The summed E-state index contributed by atoms with van der Waals surface area (Å²) in [5.74, 6) is 0.650. The Balaban J connectivity index is 1.95. The van der Waals surface area contributed by atoms with E-state index in [0.29, 0.717) is 12.0 Å². The summed E-state index contributed by atoms with van der Waals surface area (Å²) < 4.78 is 5.72. The summed E-state index contributed by atoms with van der Waals surface area (Å²) in [6.07, 6.45) is 4.13. The van der Waals surface area contributed by atoms with Crippen molar-refractivity contribution in [3.05, 3.63) is 17.8 Å². The van der Waals surface area contributed by atoms with Crippen molar-refractivity contribution in [3.8, 4) is 5.88 Å². The molecule has 0 spiro atoms. The first kappa shape index (κ1) is 9.40. The Bertz CT molecular complexity index is 297. The molecule has 1 N–H and O–H groups in total. The molecule has 1 aromatic rings. The van der Waals surface area contributed by atoms with Gasteiger partial charge in [0.05, 0.1) is 6.20 Å². The summed E-state index contributed by atoms with van der Waals surface area (Å²) in [7, 11) is 0. The van der Waals surface area contributed by atoms with Gasteiger partial charge in [0.2, 0.25) is 5.88 Å². The van der Waals surface area contributed by atoms with Crippen molar-refractivity contribution in [2.75, 3.05) is 13.1 Å². The zero-order valence-electron chi connectivity index (χ0n) is 8.36. The Morgan fingerprint density at radius 3 is 2.93 bits per heavy atom. The van der Waals surface area contributed by atoms with Gasteiger partial charge in [-0.15, -0.1) is 5.10 Å². The van der Waals surface area contributed by atoms with Crippen LogP contribution >= 0.6 is 0 Å². The average molecular weight is 193 g/mol. The van der Waals surface area contributed by atoms with Gasteiger partial charge in [0.15, 0.2) is 0 Å². The van der Waals surface area contributed by atoms with Crippen LogP contribution in [-0.4, -0.2) is 29.4 Å². The highest BCUT2D eigenvalue weighted by atomic mass is 16.5. The molecule has 2 rings (SSSR count). The fraction of sp³-hybridized carbons (Fsp3) is 0.600. The number of piperidine rings is 1. The van der Waals surface area contributed by atoms with Crippen molar-refractivity contribution in [1.29, 1.82) is 0 Å². The van der Waals surface area contributed by atoms with Crippen LogP contribution in [0.5, 0.6) is 5.88 Å². The molecule has 0 aromatic carbocycles. The highest BCUT2D eigenvalue weighted by Crippen LogP contribution is 2.13. The largest absolute Gasteiger partial charge is 0.473 e. The van der Waals surface area contributed by atoms with E-state index >= 15 is 0 Å². The summed E-state index contributed by atoms with van der Waals surface area (Å²) in [4.78, 5) is 0. The van der Waals surface area contributed by atoms with Crippen molar-refractivity contribution in [2.24, 2.45) is 0 Å². The van der Waals surface area contributed by atoms with Crippen molar-refractivity contribution in [3.63, 3.8) is 0 Å². The molecule has 2 heterocycles. The van der Waals surface area contributed by atoms with Gasteiger partial charge in [-0.1, -0.05) is 0 Å². The number of hydrogen-bond donors (Lipinski definition) is 1. The van der Waals surface area contributed by atoms with Crippen molar-refractivity contribution < 1.29 is 4.74 Å². The molecule has 4 nitrogen and oxygen atoms in total. The van der Waals surface area contributed by atoms with Crippen LogP contribution in [0.25, 0.3) is 0 Å². The zero-order chi connectivity index (χ0) is 9.80. The fourth-order valence-corrected chi connectivity index (χ4v) is 1.58. The average Bonchev–Trinajstić information content (AvgIpc) is 2.19. The second-order valence-corrected chi connectivity index (χ2v) is 3.64. The summed E-state index contributed by atoms with van der Waals surface area (Å²) >= 11 is 0. The van der Waals surface area contributed by atoms with E-state index in [2.05, 4.69) is 15.5 Å². The van der Waals surface area contributed by atoms with E-state index in [1.54, 1.807) is 6.20 Å². The molecule has 1 saturated heterocycles. The summed E-state index contributed by atoms with van der Waals surface area (Å²) in [5.41, 5.74) is 1.09. The van der Waals surface area contributed by atoms with Gasteiger partial charge in [-0.2, -0.15) is 5.10 Å². The Morgan fingerprint density at radius 1 is 1.43 bits per heavy atom. The van der Waals surface area contributed by atoms with Crippen molar-refractivity contribution in [1.82, 2.24) is 15.5 Å². The number of ether oxygens (including phenoxy) is 1. The molecular formula is C10H15N3O. The van der Waals surface area contributed by atoms with Gasteiger partial charge in [0.1, 0.15) is 6.10 Å². The third-order valence-electron chi connectivity index (χ3n) is 2.34. The van der Waals surface area contributed by atoms with Crippen LogP contribution in [0.3, 0.4) is 0 Å². The topological polar surface area (TPSA) is 47.0 Å². The maximum absolute atomic E-state index is 5.72. The van der Waals surface area contributed by atoms with E-state index in [1.165, 1.54) is 0 Å². The zero-order valence-corrected chi connectivity index (χ0v) is 8.36. The molecule has 1 aliphatic rings. The number of aryl methyl sites for hydroxylation is 1. The first-order valence-electron chi connectivity index (χ1n) is 5.01. The smallest absolute Gasteiger partial charge is 0.233 e.